The van der Waals surface area contributed by atoms with E-state index in [0.29, 0.717) is 11.5 Å². The van der Waals surface area contributed by atoms with Crippen molar-refractivity contribution in [2.45, 2.75) is 26.4 Å². The number of methoxy groups -OCH3 is 2. The average Bonchev–Trinajstić information content (AvgIpc) is 2.18. The summed E-state index contributed by atoms with van der Waals surface area (Å²) in [5.74, 6) is 1.29. The van der Waals surface area contributed by atoms with Crippen LogP contribution >= 0.6 is 15.9 Å². The van der Waals surface area contributed by atoms with Crippen molar-refractivity contribution >= 4 is 15.9 Å². The van der Waals surface area contributed by atoms with Crippen LogP contribution in [0.25, 0.3) is 0 Å². The molecule has 0 atom stereocenters. The summed E-state index contributed by atoms with van der Waals surface area (Å²) < 4.78 is 11.4. The topological polar surface area (TPSA) is 38.7 Å². The second-order valence-electron chi connectivity index (χ2n) is 4.16. The van der Waals surface area contributed by atoms with Crippen LogP contribution in [0.3, 0.4) is 0 Å². The van der Waals surface area contributed by atoms with Crippen molar-refractivity contribution in [2.24, 2.45) is 0 Å². The summed E-state index contributed by atoms with van der Waals surface area (Å²) in [6.45, 7) is 5.39. The van der Waals surface area contributed by atoms with E-state index in [-0.39, 0.29) is 0 Å². The summed E-state index contributed by atoms with van der Waals surface area (Å²) in [6.07, 6.45) is 0. The Labute approximate surface area is 105 Å². The van der Waals surface area contributed by atoms with Crippen molar-refractivity contribution in [1.29, 1.82) is 0 Å². The summed E-state index contributed by atoms with van der Waals surface area (Å²) >= 11 is 3.41. The fraction of sp³-hybridized carbons (Fsp3) is 0.500. The van der Waals surface area contributed by atoms with E-state index < -0.39 is 5.60 Å². The molecule has 0 aliphatic rings. The number of aliphatic hydroxyl groups is 1. The maximum atomic E-state index is 10.1. The molecule has 0 saturated carbocycles. The van der Waals surface area contributed by atoms with Crippen LogP contribution in [-0.4, -0.2) is 19.3 Å². The van der Waals surface area contributed by atoms with Crippen molar-refractivity contribution in [1.82, 2.24) is 0 Å². The van der Waals surface area contributed by atoms with Gasteiger partial charge in [-0.1, -0.05) is 0 Å². The molecule has 3 nitrogen and oxygen atoms in total. The molecule has 16 heavy (non-hydrogen) atoms. The fourth-order valence-corrected chi connectivity index (χ4v) is 2.34. The highest BCUT2D eigenvalue weighted by Crippen LogP contribution is 2.42. The molecule has 0 bridgehead atoms. The molecule has 90 valence electrons. The van der Waals surface area contributed by atoms with Gasteiger partial charge in [-0.3, -0.25) is 0 Å². The van der Waals surface area contributed by atoms with Crippen molar-refractivity contribution in [2.75, 3.05) is 14.2 Å². The Morgan fingerprint density at radius 2 is 1.69 bits per heavy atom. The van der Waals surface area contributed by atoms with Gasteiger partial charge < -0.3 is 14.6 Å². The molecule has 0 radical (unpaired) electrons. The first kappa shape index (κ1) is 13.3. The van der Waals surface area contributed by atoms with E-state index in [9.17, 15) is 5.11 Å². The molecular weight excluding hydrogens is 272 g/mol. The quantitative estimate of drug-likeness (QED) is 0.929. The van der Waals surface area contributed by atoms with Crippen LogP contribution in [0.1, 0.15) is 25.0 Å². The minimum Gasteiger partial charge on any atom is -0.493 e. The van der Waals surface area contributed by atoms with Gasteiger partial charge in [0.2, 0.25) is 0 Å². The number of hydrogen-bond donors (Lipinski definition) is 1. The average molecular weight is 289 g/mol. The third kappa shape index (κ3) is 2.33. The van der Waals surface area contributed by atoms with Crippen LogP contribution in [0.5, 0.6) is 11.5 Å². The van der Waals surface area contributed by atoms with Gasteiger partial charge in [-0.25, -0.2) is 0 Å². The molecular formula is C12H17BrO3. The number of halogens is 1. The summed E-state index contributed by atoms with van der Waals surface area (Å²) in [5.41, 5.74) is 0.790. The van der Waals surface area contributed by atoms with E-state index in [2.05, 4.69) is 15.9 Å². The highest BCUT2D eigenvalue weighted by atomic mass is 79.9. The lowest BCUT2D eigenvalue weighted by molar-refractivity contribution is 0.0774. The van der Waals surface area contributed by atoms with Gasteiger partial charge in [0, 0.05) is 5.56 Å². The fourth-order valence-electron chi connectivity index (χ4n) is 1.77. The van der Waals surface area contributed by atoms with E-state index >= 15 is 0 Å². The standard InChI is InChI=1S/C12H17BrO3/c1-7-8(12(2,3)14)6-9(13)11(16-5)10(7)15-4/h6,14H,1-5H3. The Bertz CT molecular complexity index is 394. The molecule has 0 amide bonds. The van der Waals surface area contributed by atoms with Gasteiger partial charge in [0.1, 0.15) is 0 Å². The lowest BCUT2D eigenvalue weighted by Gasteiger charge is -2.23. The van der Waals surface area contributed by atoms with E-state index in [1.165, 1.54) is 0 Å². The molecule has 1 N–H and O–H groups in total. The van der Waals surface area contributed by atoms with Crippen LogP contribution in [0, 0.1) is 6.92 Å². The summed E-state index contributed by atoms with van der Waals surface area (Å²) in [5, 5.41) is 10.1. The molecule has 0 aliphatic heterocycles. The maximum Gasteiger partial charge on any atom is 0.175 e. The normalized spacial score (nSPS) is 11.4. The summed E-state index contributed by atoms with van der Waals surface area (Å²) in [7, 11) is 3.18. The number of benzene rings is 1. The van der Waals surface area contributed by atoms with E-state index in [0.717, 1.165) is 15.6 Å². The lowest BCUT2D eigenvalue weighted by atomic mass is 9.93. The number of hydrogen-bond acceptors (Lipinski definition) is 3. The first-order chi connectivity index (χ1) is 7.32. The molecule has 0 saturated heterocycles. The van der Waals surface area contributed by atoms with E-state index in [1.54, 1.807) is 28.1 Å². The van der Waals surface area contributed by atoms with Crippen LogP contribution in [0.15, 0.2) is 10.5 Å². The van der Waals surface area contributed by atoms with Crippen LogP contribution in [0.2, 0.25) is 0 Å². The van der Waals surface area contributed by atoms with Gasteiger partial charge in [0.25, 0.3) is 0 Å². The number of ether oxygens (including phenoxy) is 2. The minimum atomic E-state index is -0.911. The first-order valence-corrected chi connectivity index (χ1v) is 5.76. The molecule has 0 spiro atoms. The molecule has 4 heteroatoms. The van der Waals surface area contributed by atoms with Crippen molar-refractivity contribution in [3.8, 4) is 11.5 Å². The SMILES string of the molecule is COc1c(Br)cc(C(C)(C)O)c(C)c1OC. The van der Waals surface area contributed by atoms with Crippen LogP contribution in [-0.2, 0) is 5.60 Å². The monoisotopic (exact) mass is 288 g/mol. The van der Waals surface area contributed by atoms with Crippen molar-refractivity contribution in [3.05, 3.63) is 21.7 Å². The molecule has 0 heterocycles. The van der Waals surface area contributed by atoms with Gasteiger partial charge >= 0.3 is 0 Å². The Morgan fingerprint density at radius 3 is 2.06 bits per heavy atom. The largest absolute Gasteiger partial charge is 0.493 e. The second-order valence-corrected chi connectivity index (χ2v) is 5.01. The van der Waals surface area contributed by atoms with Gasteiger partial charge in [-0.15, -0.1) is 0 Å². The zero-order valence-corrected chi connectivity index (χ0v) is 11.8. The highest BCUT2D eigenvalue weighted by Gasteiger charge is 2.24. The molecule has 1 aromatic carbocycles. The predicted molar refractivity (Wildman–Crippen MR) is 67.2 cm³/mol. The molecule has 0 fully saturated rings. The van der Waals surface area contributed by atoms with Crippen LogP contribution < -0.4 is 9.47 Å². The Balaban J connectivity index is 3.53. The molecule has 1 aromatic rings. The zero-order valence-electron chi connectivity index (χ0n) is 10.2. The molecule has 0 unspecified atom stereocenters. The lowest BCUT2D eigenvalue weighted by Crippen LogP contribution is -2.18. The van der Waals surface area contributed by atoms with E-state index in [1.807, 2.05) is 13.0 Å². The Hall–Kier alpha value is -0.740. The predicted octanol–water partition coefficient (Wildman–Crippen LogP) is 3.00. The Kier molecular flexibility index (Phi) is 3.86. The van der Waals surface area contributed by atoms with Crippen LogP contribution in [0.4, 0.5) is 0 Å². The van der Waals surface area contributed by atoms with E-state index in [4.69, 9.17) is 9.47 Å². The van der Waals surface area contributed by atoms with Gasteiger partial charge in [-0.05, 0) is 48.3 Å². The highest BCUT2D eigenvalue weighted by molar-refractivity contribution is 9.10. The number of rotatable bonds is 3. The van der Waals surface area contributed by atoms with Crippen molar-refractivity contribution in [3.63, 3.8) is 0 Å². The summed E-state index contributed by atoms with van der Waals surface area (Å²) in [6, 6.07) is 1.86. The molecule has 0 aliphatic carbocycles. The smallest absolute Gasteiger partial charge is 0.175 e. The Morgan fingerprint density at radius 1 is 1.19 bits per heavy atom. The molecule has 0 aromatic heterocycles. The second kappa shape index (κ2) is 4.63. The zero-order chi connectivity index (χ0) is 12.5. The van der Waals surface area contributed by atoms with Gasteiger partial charge in [0.05, 0.1) is 24.3 Å². The maximum absolute atomic E-state index is 10.1. The minimum absolute atomic E-state index is 0.646. The third-order valence-electron chi connectivity index (χ3n) is 2.51. The third-order valence-corrected chi connectivity index (χ3v) is 3.10. The van der Waals surface area contributed by atoms with Gasteiger partial charge in [0.15, 0.2) is 11.5 Å². The van der Waals surface area contributed by atoms with Gasteiger partial charge in [-0.2, -0.15) is 0 Å². The summed E-state index contributed by atoms with van der Waals surface area (Å²) in [4.78, 5) is 0. The first-order valence-electron chi connectivity index (χ1n) is 4.96. The molecule has 1 rings (SSSR count). The van der Waals surface area contributed by atoms with Crippen molar-refractivity contribution < 1.29 is 14.6 Å².